The molecule has 4 heteroatoms. The molecule has 2 aromatic rings. The van der Waals surface area contributed by atoms with E-state index in [9.17, 15) is 0 Å². The number of aryl methyl sites for hydroxylation is 1. The van der Waals surface area contributed by atoms with Gasteiger partial charge in [0, 0.05) is 18.3 Å². The van der Waals surface area contributed by atoms with Crippen molar-refractivity contribution in [2.24, 2.45) is 5.84 Å². The van der Waals surface area contributed by atoms with E-state index < -0.39 is 0 Å². The summed E-state index contributed by atoms with van der Waals surface area (Å²) in [5.41, 5.74) is 7.13. The molecule has 2 heterocycles. The van der Waals surface area contributed by atoms with Crippen LogP contribution in [0.2, 0.25) is 0 Å². The average molecular weight is 240 g/mol. The molecule has 0 saturated carbocycles. The highest BCUT2D eigenvalue weighted by Gasteiger charge is 2.23. The number of hydrogen-bond acceptors (Lipinski definition) is 4. The number of pyridine rings is 2. The minimum absolute atomic E-state index is 0.295. The van der Waals surface area contributed by atoms with E-state index in [0.29, 0.717) is 5.92 Å². The Morgan fingerprint density at radius 1 is 1.22 bits per heavy atom. The fraction of sp³-hybridized carbons (Fsp3) is 0.286. The molecule has 0 aliphatic heterocycles. The molecule has 1 aliphatic carbocycles. The van der Waals surface area contributed by atoms with Gasteiger partial charge in [-0.3, -0.25) is 15.8 Å². The lowest BCUT2D eigenvalue weighted by Crippen LogP contribution is -2.15. The van der Waals surface area contributed by atoms with Gasteiger partial charge in [-0.25, -0.2) is 0 Å². The molecule has 18 heavy (non-hydrogen) atoms. The van der Waals surface area contributed by atoms with E-state index in [0.717, 1.165) is 24.2 Å². The third kappa shape index (κ3) is 1.95. The molecule has 0 bridgehead atoms. The first-order chi connectivity index (χ1) is 8.88. The van der Waals surface area contributed by atoms with Gasteiger partial charge in [-0.2, -0.15) is 0 Å². The molecule has 1 atom stereocenters. The zero-order valence-electron chi connectivity index (χ0n) is 10.1. The van der Waals surface area contributed by atoms with Crippen LogP contribution in [0.4, 0.5) is 5.69 Å². The number of aromatic nitrogens is 2. The third-order valence-corrected chi connectivity index (χ3v) is 3.50. The predicted octanol–water partition coefficient (Wildman–Crippen LogP) is 2.23. The van der Waals surface area contributed by atoms with Gasteiger partial charge in [-0.05, 0) is 43.0 Å². The van der Waals surface area contributed by atoms with Crippen LogP contribution in [0.3, 0.4) is 0 Å². The lowest BCUT2D eigenvalue weighted by atomic mass is 9.84. The second-order valence-electron chi connectivity index (χ2n) is 4.61. The maximum Gasteiger partial charge on any atom is 0.0526 e. The van der Waals surface area contributed by atoms with Crippen molar-refractivity contribution in [1.29, 1.82) is 0 Å². The Hall–Kier alpha value is -1.94. The maximum absolute atomic E-state index is 5.45. The van der Waals surface area contributed by atoms with Crippen LogP contribution in [0.1, 0.15) is 35.7 Å². The summed E-state index contributed by atoms with van der Waals surface area (Å²) in [6.07, 6.45) is 7.06. The molecule has 0 aromatic carbocycles. The van der Waals surface area contributed by atoms with Crippen LogP contribution in [0, 0.1) is 0 Å². The van der Waals surface area contributed by atoms with Gasteiger partial charge in [0.25, 0.3) is 0 Å². The molecule has 3 N–H and O–H groups in total. The Bertz CT molecular complexity index is 553. The highest BCUT2D eigenvalue weighted by molar-refractivity contribution is 5.44. The van der Waals surface area contributed by atoms with Crippen LogP contribution in [0.25, 0.3) is 0 Å². The van der Waals surface area contributed by atoms with Gasteiger partial charge in [0.05, 0.1) is 17.1 Å². The maximum atomic E-state index is 5.45. The molecular weight excluding hydrogens is 224 g/mol. The minimum atomic E-state index is 0.295. The number of nitrogens with zero attached hydrogens (tertiary/aromatic N) is 2. The summed E-state index contributed by atoms with van der Waals surface area (Å²) in [7, 11) is 0. The second-order valence-corrected chi connectivity index (χ2v) is 4.61. The van der Waals surface area contributed by atoms with Crippen LogP contribution >= 0.6 is 0 Å². The van der Waals surface area contributed by atoms with Crippen molar-refractivity contribution in [2.75, 3.05) is 5.43 Å². The van der Waals surface area contributed by atoms with Crippen molar-refractivity contribution >= 4 is 5.69 Å². The number of nitrogen functional groups attached to an aromatic ring is 1. The average Bonchev–Trinajstić information content (AvgIpc) is 2.47. The van der Waals surface area contributed by atoms with E-state index in [4.69, 9.17) is 5.84 Å². The number of anilines is 1. The molecule has 2 aromatic heterocycles. The summed E-state index contributed by atoms with van der Waals surface area (Å²) in [5, 5.41) is 0. The molecular formula is C14H16N4. The smallest absolute Gasteiger partial charge is 0.0526 e. The van der Waals surface area contributed by atoms with Crippen molar-refractivity contribution in [2.45, 2.75) is 25.2 Å². The van der Waals surface area contributed by atoms with Gasteiger partial charge in [-0.1, -0.05) is 6.07 Å². The lowest BCUT2D eigenvalue weighted by Gasteiger charge is -2.24. The van der Waals surface area contributed by atoms with E-state index in [1.54, 1.807) is 6.20 Å². The van der Waals surface area contributed by atoms with E-state index >= 15 is 0 Å². The van der Waals surface area contributed by atoms with Crippen LogP contribution in [0.15, 0.2) is 36.7 Å². The molecule has 92 valence electrons. The summed E-state index contributed by atoms with van der Waals surface area (Å²) in [5.74, 6) is 5.74. The topological polar surface area (TPSA) is 63.8 Å². The zero-order valence-corrected chi connectivity index (χ0v) is 10.1. The van der Waals surface area contributed by atoms with Crippen LogP contribution in [-0.2, 0) is 6.42 Å². The first-order valence-corrected chi connectivity index (χ1v) is 6.25. The first kappa shape index (κ1) is 11.2. The molecule has 3 rings (SSSR count). The quantitative estimate of drug-likeness (QED) is 0.624. The standard InChI is InChI=1S/C14H16N4/c15-18-11-6-8-16-13(9-11)12-5-1-3-10-4-2-7-17-14(10)12/h2,4,6-9,12H,1,3,5,15H2,(H,16,18). The van der Waals surface area contributed by atoms with Gasteiger partial charge in [0.2, 0.25) is 0 Å². The number of hydrogen-bond donors (Lipinski definition) is 2. The molecule has 1 unspecified atom stereocenters. The number of nitrogens with one attached hydrogen (secondary N) is 1. The van der Waals surface area contributed by atoms with E-state index in [1.165, 1.54) is 17.7 Å². The summed E-state index contributed by atoms with van der Waals surface area (Å²) >= 11 is 0. The molecule has 1 aliphatic rings. The predicted molar refractivity (Wildman–Crippen MR) is 71.1 cm³/mol. The van der Waals surface area contributed by atoms with Crippen LogP contribution in [-0.4, -0.2) is 9.97 Å². The summed E-state index contributed by atoms with van der Waals surface area (Å²) in [6, 6.07) is 8.05. The third-order valence-electron chi connectivity index (χ3n) is 3.50. The number of rotatable bonds is 2. The molecule has 0 saturated heterocycles. The van der Waals surface area contributed by atoms with Crippen molar-refractivity contribution < 1.29 is 0 Å². The summed E-state index contributed by atoms with van der Waals surface area (Å²) < 4.78 is 0. The van der Waals surface area contributed by atoms with Crippen molar-refractivity contribution in [3.05, 3.63) is 53.6 Å². The van der Waals surface area contributed by atoms with Crippen LogP contribution < -0.4 is 11.3 Å². The van der Waals surface area contributed by atoms with Crippen molar-refractivity contribution in [3.63, 3.8) is 0 Å². The Morgan fingerprint density at radius 2 is 2.17 bits per heavy atom. The van der Waals surface area contributed by atoms with E-state index in [1.807, 2.05) is 24.4 Å². The van der Waals surface area contributed by atoms with Gasteiger partial charge < -0.3 is 5.43 Å². The second kappa shape index (κ2) is 4.74. The fourth-order valence-corrected chi connectivity index (χ4v) is 2.63. The molecule has 0 fully saturated rings. The number of fused-ring (bicyclic) bond motifs is 1. The number of nitrogens with two attached hydrogens (primary N) is 1. The minimum Gasteiger partial charge on any atom is -0.324 e. The SMILES string of the molecule is NNc1ccnc(C2CCCc3cccnc32)c1. The van der Waals surface area contributed by atoms with E-state index in [-0.39, 0.29) is 0 Å². The zero-order chi connectivity index (χ0) is 12.4. The molecule has 0 spiro atoms. The molecule has 4 nitrogen and oxygen atoms in total. The Morgan fingerprint density at radius 3 is 3.06 bits per heavy atom. The fourth-order valence-electron chi connectivity index (χ4n) is 2.63. The van der Waals surface area contributed by atoms with Gasteiger partial charge in [0.1, 0.15) is 0 Å². The van der Waals surface area contributed by atoms with Gasteiger partial charge in [0.15, 0.2) is 0 Å². The Kier molecular flexibility index (Phi) is 2.94. The Labute approximate surface area is 106 Å². The Balaban J connectivity index is 2.02. The van der Waals surface area contributed by atoms with Crippen molar-refractivity contribution in [3.8, 4) is 0 Å². The monoisotopic (exact) mass is 240 g/mol. The van der Waals surface area contributed by atoms with Gasteiger partial charge >= 0.3 is 0 Å². The molecule has 0 amide bonds. The highest BCUT2D eigenvalue weighted by atomic mass is 15.2. The van der Waals surface area contributed by atoms with Gasteiger partial charge in [-0.15, -0.1) is 0 Å². The van der Waals surface area contributed by atoms with Crippen molar-refractivity contribution in [1.82, 2.24) is 9.97 Å². The number of hydrazine groups is 1. The summed E-state index contributed by atoms with van der Waals surface area (Å²) in [4.78, 5) is 9.02. The molecule has 0 radical (unpaired) electrons. The first-order valence-electron chi connectivity index (χ1n) is 6.25. The highest BCUT2D eigenvalue weighted by Crippen LogP contribution is 2.34. The normalized spacial score (nSPS) is 18.2. The van der Waals surface area contributed by atoms with Crippen LogP contribution in [0.5, 0.6) is 0 Å². The largest absolute Gasteiger partial charge is 0.324 e. The summed E-state index contributed by atoms with van der Waals surface area (Å²) in [6.45, 7) is 0. The lowest BCUT2D eigenvalue weighted by molar-refractivity contribution is 0.588. The van der Waals surface area contributed by atoms with E-state index in [2.05, 4.69) is 21.5 Å².